The van der Waals surface area contributed by atoms with Crippen LogP contribution >= 0.6 is 0 Å². The maximum absolute atomic E-state index is 14.3. The number of benzene rings is 4. The van der Waals surface area contributed by atoms with Gasteiger partial charge in [-0.15, -0.1) is 0 Å². The lowest BCUT2D eigenvalue weighted by atomic mass is 9.97. The van der Waals surface area contributed by atoms with E-state index in [2.05, 4.69) is 5.32 Å². The third-order valence-corrected chi connectivity index (χ3v) is 9.34. The minimum Gasteiger partial charge on any atom is -0.497 e. The lowest BCUT2D eigenvalue weighted by Crippen LogP contribution is -2.37. The quantitative estimate of drug-likeness (QED) is 0.114. The van der Waals surface area contributed by atoms with Crippen LogP contribution in [0.4, 0.5) is 16.4 Å². The van der Waals surface area contributed by atoms with Gasteiger partial charge in [-0.1, -0.05) is 36.4 Å². The number of carbonyl (C=O) groups is 1. The van der Waals surface area contributed by atoms with Crippen molar-refractivity contribution >= 4 is 28.6 Å². The number of nitrogens with zero attached hydrogens (tertiary/aromatic N) is 4. The van der Waals surface area contributed by atoms with Gasteiger partial charge >= 0.3 is 6.09 Å². The van der Waals surface area contributed by atoms with Crippen LogP contribution in [0.25, 0.3) is 22.2 Å². The lowest BCUT2D eigenvalue weighted by molar-refractivity contribution is 0.0576. The molecule has 0 radical (unpaired) electrons. The minimum atomic E-state index is -0.798. The fourth-order valence-corrected chi connectivity index (χ4v) is 6.49. The van der Waals surface area contributed by atoms with Gasteiger partial charge in [-0.2, -0.15) is 0 Å². The van der Waals surface area contributed by atoms with Crippen LogP contribution in [0.2, 0.25) is 0 Å². The molecule has 2 aromatic heterocycles. The Morgan fingerprint density at radius 3 is 2.07 bits per heavy atom. The molecule has 0 saturated heterocycles. The highest BCUT2D eigenvalue weighted by Gasteiger charge is 2.29. The highest BCUT2D eigenvalue weighted by Crippen LogP contribution is 2.40. The normalized spacial score (nSPS) is 11.2. The molecule has 0 aliphatic heterocycles. The standard InChI is InChI=1S/C45H49N5O7/c1-28-15-20-36(56-26-30-13-11-10-12-14-30)29(2)40(28)42-41-35(23-39(49-42)46-24-31-16-18-33(52-6)21-37(31)54-8)43(48-27-47-41)50(44(51)57-45(3,4)5)25-32-17-19-34(53-7)22-38(32)55-9/h10-23,27H,24-26H2,1-9H3,(H,46,49). The lowest BCUT2D eigenvalue weighted by Gasteiger charge is -2.28. The second kappa shape index (κ2) is 17.5. The van der Waals surface area contributed by atoms with Gasteiger partial charge in [-0.3, -0.25) is 4.90 Å². The fourth-order valence-electron chi connectivity index (χ4n) is 6.49. The molecule has 4 aromatic carbocycles. The molecule has 296 valence electrons. The van der Waals surface area contributed by atoms with Gasteiger partial charge in [0.2, 0.25) is 0 Å². The van der Waals surface area contributed by atoms with Crippen molar-refractivity contribution in [3.8, 4) is 40.0 Å². The topological polar surface area (TPSA) is 126 Å². The van der Waals surface area contributed by atoms with E-state index in [1.807, 2.05) is 113 Å². The number of carbonyl (C=O) groups excluding carboxylic acids is 1. The van der Waals surface area contributed by atoms with Gasteiger partial charge in [0.25, 0.3) is 0 Å². The van der Waals surface area contributed by atoms with Crippen LogP contribution in [0, 0.1) is 13.8 Å². The number of aryl methyl sites for hydroxylation is 1. The number of hydrogen-bond acceptors (Lipinski definition) is 11. The van der Waals surface area contributed by atoms with Crippen molar-refractivity contribution in [2.24, 2.45) is 0 Å². The number of pyridine rings is 1. The molecule has 0 spiro atoms. The summed E-state index contributed by atoms with van der Waals surface area (Å²) in [7, 11) is 6.40. The Kier molecular flexibility index (Phi) is 12.3. The second-order valence-corrected chi connectivity index (χ2v) is 14.4. The molecule has 0 bridgehead atoms. The maximum Gasteiger partial charge on any atom is 0.416 e. The number of hydrogen-bond donors (Lipinski definition) is 1. The van der Waals surface area contributed by atoms with Crippen LogP contribution in [-0.2, 0) is 24.4 Å². The first-order valence-electron chi connectivity index (χ1n) is 18.5. The monoisotopic (exact) mass is 771 g/mol. The summed E-state index contributed by atoms with van der Waals surface area (Å²) in [5.41, 5.74) is 5.68. The smallest absolute Gasteiger partial charge is 0.416 e. The van der Waals surface area contributed by atoms with Gasteiger partial charge in [-0.25, -0.2) is 19.7 Å². The Morgan fingerprint density at radius 2 is 1.42 bits per heavy atom. The summed E-state index contributed by atoms with van der Waals surface area (Å²) in [5, 5.41) is 4.07. The number of ether oxygens (including phenoxy) is 6. The van der Waals surface area contributed by atoms with Gasteiger partial charge in [0, 0.05) is 46.3 Å². The number of fused-ring (bicyclic) bond motifs is 1. The molecule has 0 aliphatic rings. The Balaban J connectivity index is 1.53. The average molecular weight is 772 g/mol. The van der Waals surface area contributed by atoms with Crippen LogP contribution in [0.1, 0.15) is 48.6 Å². The highest BCUT2D eigenvalue weighted by molar-refractivity contribution is 6.04. The van der Waals surface area contributed by atoms with E-state index in [1.165, 1.54) is 11.2 Å². The summed E-state index contributed by atoms with van der Waals surface area (Å²) in [6.07, 6.45) is 0.848. The molecule has 0 aliphatic carbocycles. The molecule has 12 heteroatoms. The first-order valence-corrected chi connectivity index (χ1v) is 18.5. The van der Waals surface area contributed by atoms with E-state index in [0.29, 0.717) is 75.7 Å². The van der Waals surface area contributed by atoms with E-state index < -0.39 is 11.7 Å². The van der Waals surface area contributed by atoms with E-state index in [0.717, 1.165) is 27.8 Å². The highest BCUT2D eigenvalue weighted by atomic mass is 16.6. The van der Waals surface area contributed by atoms with E-state index in [9.17, 15) is 4.79 Å². The summed E-state index contributed by atoms with van der Waals surface area (Å²) in [6, 6.07) is 27.0. The zero-order chi connectivity index (χ0) is 40.7. The maximum atomic E-state index is 14.3. The average Bonchev–Trinajstić information content (AvgIpc) is 3.21. The minimum absolute atomic E-state index is 0.0680. The molecule has 0 saturated carbocycles. The van der Waals surface area contributed by atoms with Crippen molar-refractivity contribution in [2.75, 3.05) is 38.7 Å². The van der Waals surface area contributed by atoms with Crippen molar-refractivity contribution in [1.29, 1.82) is 0 Å². The molecule has 0 unspecified atom stereocenters. The second-order valence-electron chi connectivity index (χ2n) is 14.4. The zero-order valence-electron chi connectivity index (χ0n) is 33.9. The van der Waals surface area contributed by atoms with Gasteiger partial charge in [0.05, 0.1) is 40.7 Å². The predicted octanol–water partition coefficient (Wildman–Crippen LogP) is 9.48. The van der Waals surface area contributed by atoms with E-state index in [-0.39, 0.29) is 6.54 Å². The van der Waals surface area contributed by atoms with Crippen molar-refractivity contribution in [1.82, 2.24) is 15.0 Å². The number of nitrogens with one attached hydrogen (secondary N) is 1. The third kappa shape index (κ3) is 9.29. The summed E-state index contributed by atoms with van der Waals surface area (Å²) < 4.78 is 34.7. The van der Waals surface area contributed by atoms with Crippen LogP contribution in [0.3, 0.4) is 0 Å². The molecule has 12 nitrogen and oxygen atoms in total. The fraction of sp³-hybridized carbons (Fsp3) is 0.289. The molecule has 6 rings (SSSR count). The summed E-state index contributed by atoms with van der Waals surface area (Å²) in [6.45, 7) is 10.4. The van der Waals surface area contributed by atoms with E-state index in [4.69, 9.17) is 43.4 Å². The molecular formula is C45H49N5O7. The molecule has 2 heterocycles. The van der Waals surface area contributed by atoms with Crippen molar-refractivity contribution in [3.05, 3.63) is 119 Å². The molecule has 0 atom stereocenters. The SMILES string of the molecule is COc1ccc(CNc2cc3c(N(Cc4ccc(OC)cc4OC)C(=O)OC(C)(C)C)ncnc3c(-c3c(C)ccc(OCc4ccccc4)c3C)n2)c(OC)c1. The van der Waals surface area contributed by atoms with Gasteiger partial charge in [0.1, 0.15) is 64.4 Å². The molecule has 57 heavy (non-hydrogen) atoms. The number of aromatic nitrogens is 3. The Hall–Kier alpha value is -6.56. The van der Waals surface area contributed by atoms with Crippen LogP contribution in [0.5, 0.6) is 28.7 Å². The summed E-state index contributed by atoms with van der Waals surface area (Å²) in [5.74, 6) is 4.06. The summed E-state index contributed by atoms with van der Waals surface area (Å²) in [4.78, 5) is 30.5. The first-order chi connectivity index (χ1) is 27.4. The molecule has 0 fully saturated rings. The van der Waals surface area contributed by atoms with Crippen LogP contribution in [0.15, 0.2) is 91.3 Å². The van der Waals surface area contributed by atoms with Crippen molar-refractivity contribution < 1.29 is 33.2 Å². The number of anilines is 2. The zero-order valence-corrected chi connectivity index (χ0v) is 33.9. The van der Waals surface area contributed by atoms with E-state index >= 15 is 0 Å². The molecule has 1 N–H and O–H groups in total. The van der Waals surface area contributed by atoms with E-state index in [1.54, 1.807) is 34.5 Å². The summed E-state index contributed by atoms with van der Waals surface area (Å²) >= 11 is 0. The van der Waals surface area contributed by atoms with Gasteiger partial charge in [-0.05, 0) is 82.1 Å². The molecular weight excluding hydrogens is 723 g/mol. The van der Waals surface area contributed by atoms with Crippen molar-refractivity contribution in [2.45, 2.75) is 59.9 Å². The number of amides is 1. The Bertz CT molecular complexity index is 2360. The van der Waals surface area contributed by atoms with Crippen molar-refractivity contribution in [3.63, 3.8) is 0 Å². The van der Waals surface area contributed by atoms with Crippen LogP contribution < -0.4 is 33.9 Å². The number of methoxy groups -OCH3 is 4. The Morgan fingerprint density at radius 1 is 0.754 bits per heavy atom. The van der Waals surface area contributed by atoms with Gasteiger partial charge in [0.15, 0.2) is 0 Å². The first kappa shape index (κ1) is 40.1. The number of rotatable bonds is 14. The molecule has 6 aromatic rings. The Labute approximate surface area is 333 Å². The van der Waals surface area contributed by atoms with Crippen LogP contribution in [-0.4, -0.2) is 55.1 Å². The van der Waals surface area contributed by atoms with Gasteiger partial charge < -0.3 is 33.7 Å². The third-order valence-electron chi connectivity index (χ3n) is 9.34. The molecule has 1 amide bonds. The largest absolute Gasteiger partial charge is 0.497 e. The predicted molar refractivity (Wildman–Crippen MR) is 222 cm³/mol.